The van der Waals surface area contributed by atoms with Gasteiger partial charge in [0.15, 0.2) is 0 Å². The standard InChI is InChI=1S/C35H34N6O4/c1-24-12-14-26(15-13-24)34(43)36-28-11-7-10-27(21-28)32-22-41(39-38-32)23-33(42)37-31(20-25-8-5-4-6-9-25)35(44)40(2)29-16-18-30(45-3)19-17-29/h4-19,21-22,31H,20,23H2,1-3H3,(H,36,43)(H,37,42)/t31-/m0/s1. The summed E-state index contributed by atoms with van der Waals surface area (Å²) in [5.41, 5.74) is 5.08. The second-order valence-electron chi connectivity index (χ2n) is 10.6. The topological polar surface area (TPSA) is 118 Å². The molecule has 228 valence electrons. The average molecular weight is 603 g/mol. The van der Waals surface area contributed by atoms with E-state index in [1.165, 1.54) is 9.58 Å². The molecule has 0 fully saturated rings. The SMILES string of the molecule is COc1ccc(N(C)C(=O)[C@H](Cc2ccccc2)NC(=O)Cn2cc(-c3cccc(NC(=O)c4ccc(C)cc4)c3)nn2)cc1. The van der Waals surface area contributed by atoms with Crippen molar-refractivity contribution in [2.24, 2.45) is 0 Å². The number of aromatic nitrogens is 3. The molecular formula is C35H34N6O4. The summed E-state index contributed by atoms with van der Waals surface area (Å²) < 4.78 is 6.64. The van der Waals surface area contributed by atoms with Crippen LogP contribution in [-0.2, 0) is 22.6 Å². The molecule has 0 aliphatic rings. The van der Waals surface area contributed by atoms with Crippen molar-refractivity contribution in [3.8, 4) is 17.0 Å². The summed E-state index contributed by atoms with van der Waals surface area (Å²) in [4.78, 5) is 41.0. The number of methoxy groups -OCH3 is 1. The Morgan fingerprint density at radius 2 is 1.64 bits per heavy atom. The molecule has 0 spiro atoms. The van der Waals surface area contributed by atoms with E-state index in [0.717, 1.165) is 16.7 Å². The molecule has 0 saturated carbocycles. The van der Waals surface area contributed by atoms with E-state index in [1.54, 1.807) is 68.9 Å². The van der Waals surface area contributed by atoms with E-state index >= 15 is 0 Å². The van der Waals surface area contributed by atoms with Crippen molar-refractivity contribution in [2.75, 3.05) is 24.4 Å². The van der Waals surface area contributed by atoms with E-state index in [0.29, 0.717) is 34.8 Å². The Morgan fingerprint density at radius 1 is 0.911 bits per heavy atom. The Hall–Kier alpha value is -5.77. The third-order valence-electron chi connectivity index (χ3n) is 7.28. The van der Waals surface area contributed by atoms with Crippen molar-refractivity contribution >= 4 is 29.1 Å². The predicted molar refractivity (Wildman–Crippen MR) is 173 cm³/mol. The highest BCUT2D eigenvalue weighted by atomic mass is 16.5. The van der Waals surface area contributed by atoms with Gasteiger partial charge in [-0.2, -0.15) is 0 Å². The lowest BCUT2D eigenvalue weighted by Crippen LogP contribution is -2.49. The highest BCUT2D eigenvalue weighted by Crippen LogP contribution is 2.22. The number of rotatable bonds is 11. The zero-order valence-electron chi connectivity index (χ0n) is 25.3. The van der Waals surface area contributed by atoms with E-state index in [4.69, 9.17) is 4.74 Å². The average Bonchev–Trinajstić information content (AvgIpc) is 3.53. The van der Waals surface area contributed by atoms with Gasteiger partial charge >= 0.3 is 0 Å². The normalized spacial score (nSPS) is 11.4. The van der Waals surface area contributed by atoms with Gasteiger partial charge in [0, 0.05) is 36.0 Å². The molecule has 0 saturated heterocycles. The minimum atomic E-state index is -0.816. The van der Waals surface area contributed by atoms with Crippen LogP contribution < -0.4 is 20.3 Å². The molecule has 0 aliphatic heterocycles. The lowest BCUT2D eigenvalue weighted by Gasteiger charge is -2.25. The van der Waals surface area contributed by atoms with Crippen LogP contribution in [0.25, 0.3) is 11.3 Å². The van der Waals surface area contributed by atoms with E-state index in [2.05, 4.69) is 20.9 Å². The van der Waals surface area contributed by atoms with Crippen molar-refractivity contribution in [3.63, 3.8) is 0 Å². The third-order valence-corrected chi connectivity index (χ3v) is 7.28. The molecule has 0 aliphatic carbocycles. The number of benzene rings is 4. The smallest absolute Gasteiger partial charge is 0.255 e. The van der Waals surface area contributed by atoms with E-state index < -0.39 is 6.04 Å². The lowest BCUT2D eigenvalue weighted by molar-refractivity contribution is -0.127. The first-order chi connectivity index (χ1) is 21.8. The summed E-state index contributed by atoms with van der Waals surface area (Å²) in [5, 5.41) is 14.2. The predicted octanol–water partition coefficient (Wildman–Crippen LogP) is 4.90. The van der Waals surface area contributed by atoms with Crippen molar-refractivity contribution < 1.29 is 19.1 Å². The van der Waals surface area contributed by atoms with Gasteiger partial charge in [0.05, 0.1) is 13.3 Å². The number of carbonyl (C=O) groups is 3. The summed E-state index contributed by atoms with van der Waals surface area (Å²) in [6, 6.07) is 30.4. The molecule has 5 aromatic rings. The van der Waals surface area contributed by atoms with Gasteiger partial charge in [-0.25, -0.2) is 4.68 Å². The quantitative estimate of drug-likeness (QED) is 0.222. The van der Waals surface area contributed by atoms with E-state index in [1.807, 2.05) is 61.5 Å². The number of carbonyl (C=O) groups excluding carboxylic acids is 3. The molecule has 3 amide bonds. The van der Waals surface area contributed by atoms with Crippen LogP contribution in [0, 0.1) is 6.92 Å². The van der Waals surface area contributed by atoms with Crippen LogP contribution in [0.2, 0.25) is 0 Å². The number of likely N-dealkylation sites (N-methyl/N-ethyl adjacent to an activating group) is 1. The van der Waals surface area contributed by atoms with Crippen LogP contribution in [0.15, 0.2) is 109 Å². The molecule has 2 N–H and O–H groups in total. The summed E-state index contributed by atoms with van der Waals surface area (Å²) in [7, 11) is 3.26. The minimum absolute atomic E-state index is 0.137. The van der Waals surface area contributed by atoms with Gasteiger partial charge in [0.25, 0.3) is 5.91 Å². The van der Waals surface area contributed by atoms with Crippen LogP contribution in [0.5, 0.6) is 5.75 Å². The molecule has 0 radical (unpaired) electrons. The number of ether oxygens (including phenoxy) is 1. The number of amides is 3. The van der Waals surface area contributed by atoms with Crippen molar-refractivity contribution in [1.82, 2.24) is 20.3 Å². The Kier molecular flexibility index (Phi) is 9.64. The molecule has 10 heteroatoms. The van der Waals surface area contributed by atoms with Crippen LogP contribution in [0.1, 0.15) is 21.5 Å². The van der Waals surface area contributed by atoms with Crippen LogP contribution in [-0.4, -0.2) is 52.9 Å². The molecule has 0 bridgehead atoms. The second kappa shape index (κ2) is 14.1. The summed E-state index contributed by atoms with van der Waals surface area (Å²) in [5.74, 6) is -0.187. The molecule has 45 heavy (non-hydrogen) atoms. The maximum Gasteiger partial charge on any atom is 0.255 e. The third kappa shape index (κ3) is 7.99. The Labute approximate surface area is 261 Å². The van der Waals surface area contributed by atoms with Gasteiger partial charge in [-0.15, -0.1) is 5.10 Å². The Bertz CT molecular complexity index is 1770. The number of nitrogens with zero attached hydrogens (tertiary/aromatic N) is 4. The molecule has 5 rings (SSSR count). The van der Waals surface area contributed by atoms with Crippen molar-refractivity contribution in [1.29, 1.82) is 0 Å². The van der Waals surface area contributed by atoms with Gasteiger partial charge in [0.2, 0.25) is 11.8 Å². The fourth-order valence-corrected chi connectivity index (χ4v) is 4.78. The molecule has 10 nitrogen and oxygen atoms in total. The first-order valence-electron chi connectivity index (χ1n) is 14.4. The summed E-state index contributed by atoms with van der Waals surface area (Å²) in [6.45, 7) is 1.83. The molecule has 1 atom stereocenters. The van der Waals surface area contributed by atoms with E-state index in [9.17, 15) is 14.4 Å². The molecule has 1 heterocycles. The number of nitrogens with one attached hydrogen (secondary N) is 2. The monoisotopic (exact) mass is 602 g/mol. The first kappa shape index (κ1) is 30.7. The highest BCUT2D eigenvalue weighted by Gasteiger charge is 2.26. The number of hydrogen-bond donors (Lipinski definition) is 2. The highest BCUT2D eigenvalue weighted by molar-refractivity contribution is 6.04. The van der Waals surface area contributed by atoms with Gasteiger partial charge in [-0.3, -0.25) is 14.4 Å². The van der Waals surface area contributed by atoms with Crippen molar-refractivity contribution in [2.45, 2.75) is 25.9 Å². The Morgan fingerprint density at radius 3 is 2.36 bits per heavy atom. The fraction of sp³-hybridized carbons (Fsp3) is 0.171. The van der Waals surface area contributed by atoms with Crippen molar-refractivity contribution in [3.05, 3.63) is 126 Å². The van der Waals surface area contributed by atoms with Crippen LogP contribution in [0.4, 0.5) is 11.4 Å². The summed E-state index contributed by atoms with van der Waals surface area (Å²) >= 11 is 0. The lowest BCUT2D eigenvalue weighted by atomic mass is 10.0. The fourth-order valence-electron chi connectivity index (χ4n) is 4.78. The molecule has 4 aromatic carbocycles. The summed E-state index contributed by atoms with van der Waals surface area (Å²) in [6.07, 6.45) is 1.97. The number of aryl methyl sites for hydroxylation is 1. The largest absolute Gasteiger partial charge is 0.497 e. The second-order valence-corrected chi connectivity index (χ2v) is 10.6. The van der Waals surface area contributed by atoms with E-state index in [-0.39, 0.29) is 24.3 Å². The van der Waals surface area contributed by atoms with Gasteiger partial charge in [-0.1, -0.05) is 65.4 Å². The maximum atomic E-state index is 13.6. The molecule has 1 aromatic heterocycles. The zero-order valence-corrected chi connectivity index (χ0v) is 25.3. The Balaban J connectivity index is 1.26. The number of hydrogen-bond acceptors (Lipinski definition) is 6. The van der Waals surface area contributed by atoms with Gasteiger partial charge in [-0.05, 0) is 61.0 Å². The zero-order chi connectivity index (χ0) is 31.8. The minimum Gasteiger partial charge on any atom is -0.497 e. The van der Waals surface area contributed by atoms with Crippen LogP contribution in [0.3, 0.4) is 0 Å². The molecule has 0 unspecified atom stereocenters. The van der Waals surface area contributed by atoms with Gasteiger partial charge < -0.3 is 20.3 Å². The number of anilines is 2. The van der Waals surface area contributed by atoms with Gasteiger partial charge in [0.1, 0.15) is 24.0 Å². The van der Waals surface area contributed by atoms with Crippen LogP contribution >= 0.6 is 0 Å². The molecular weight excluding hydrogens is 568 g/mol. The maximum absolute atomic E-state index is 13.6. The first-order valence-corrected chi connectivity index (χ1v) is 14.4.